The molecule has 0 atom stereocenters. The third kappa shape index (κ3) is 0. The van der Waals surface area contributed by atoms with Crippen LogP contribution in [-0.2, 0) is 0 Å². The predicted octanol–water partition coefficient (Wildman–Crippen LogP) is 3.71. The third-order valence-electron chi connectivity index (χ3n) is 0. The van der Waals surface area contributed by atoms with Crippen LogP contribution < -0.4 is 0 Å². The van der Waals surface area contributed by atoms with Crippen LogP contribution in [0.3, 0.4) is 0 Å². The van der Waals surface area contributed by atoms with Gasteiger partial charge in [-0.2, -0.15) is 0 Å². The highest BCUT2D eigenvalue weighted by Gasteiger charge is 1.35. The predicted molar refractivity (Wildman–Crippen MR) is 40.8 cm³/mol. The summed E-state index contributed by atoms with van der Waals surface area (Å²) >= 11 is 0. The fraction of sp³-hybridized carbons (Fsp3) is 1.00. The van der Waals surface area contributed by atoms with Gasteiger partial charge in [0.15, 0.2) is 0 Å². The fourth-order valence-electron chi connectivity index (χ4n) is 0. The summed E-state index contributed by atoms with van der Waals surface area (Å²) in [5.74, 6) is 0. The Bertz CT molecular complexity index is 6.35. The lowest BCUT2D eigenvalue weighted by Gasteiger charge is -1.48. The van der Waals surface area contributed by atoms with Gasteiger partial charge in [-0.3, -0.25) is 0 Å². The van der Waals surface area contributed by atoms with Gasteiger partial charge in [0, 0.05) is 1.37 Å². The van der Waals surface area contributed by atoms with Crippen molar-refractivity contribution >= 4 is 0 Å². The summed E-state index contributed by atoms with van der Waals surface area (Å²) in [4.78, 5) is 0. The molecule has 0 radical (unpaired) electrons. The summed E-state index contributed by atoms with van der Waals surface area (Å²) in [6.45, 7) is 6.54. The first-order valence-electron chi connectivity index (χ1n) is 2.83. The molecule has 0 aliphatic carbocycles. The first-order valence-corrected chi connectivity index (χ1v) is 2.12. The lowest BCUT2D eigenvalue weighted by molar-refractivity contribution is 1.09. The van der Waals surface area contributed by atoms with Crippen LogP contribution in [0.15, 0.2) is 0 Å². The summed E-state index contributed by atoms with van der Waals surface area (Å²) in [5.41, 5.74) is 0. The van der Waals surface area contributed by atoms with Crippen molar-refractivity contribution in [1.29, 1.82) is 0 Å². The molecular formula is C7H22. The lowest BCUT2D eigenvalue weighted by Crippen LogP contribution is -1.27. The molecular weight excluding hydrogens is 84.1 g/mol. The normalized spacial score (nSPS) is 5.29. The quantitative estimate of drug-likeness (QED) is 0.442. The lowest BCUT2D eigenvalue weighted by atomic mass is 10.6. The van der Waals surface area contributed by atoms with E-state index in [1.807, 2.05) is 0 Å². The van der Waals surface area contributed by atoms with Gasteiger partial charge in [0.25, 0.3) is 0 Å². The summed E-state index contributed by atoms with van der Waals surface area (Å²) < 4.78 is 6.21. The maximum Gasteiger partial charge on any atom is 0.0228 e. The van der Waals surface area contributed by atoms with E-state index < -0.39 is 0 Å². The molecule has 0 heteroatoms. The van der Waals surface area contributed by atoms with E-state index in [0.29, 0.717) is 6.90 Å². The Hall–Kier alpha value is 0. The van der Waals surface area contributed by atoms with Crippen molar-refractivity contribution in [3.63, 3.8) is 0 Å². The van der Waals surface area contributed by atoms with Crippen LogP contribution in [0, 0.1) is 0 Å². The van der Waals surface area contributed by atoms with Crippen molar-refractivity contribution in [3.8, 4) is 0 Å². The van der Waals surface area contributed by atoms with E-state index in [1.54, 1.807) is 6.92 Å². The molecule has 0 aliphatic heterocycles. The number of hydrogen-bond donors (Lipinski definition) is 0. The molecule has 0 aliphatic rings. The van der Waals surface area contributed by atoms with E-state index in [0.717, 1.165) is 0 Å². The first kappa shape index (κ1) is 15.8. The van der Waals surface area contributed by atoms with Crippen LogP contribution in [0.4, 0.5) is 0 Å². The van der Waals surface area contributed by atoms with Crippen molar-refractivity contribution in [2.24, 2.45) is 0 Å². The van der Waals surface area contributed by atoms with Gasteiger partial charge in [0.1, 0.15) is 0 Å². The van der Waals surface area contributed by atoms with E-state index >= 15 is 0 Å². The topological polar surface area (TPSA) is 0 Å². The van der Waals surface area contributed by atoms with E-state index in [2.05, 4.69) is 13.8 Å². The van der Waals surface area contributed by atoms with Crippen LogP contribution in [0.2, 0.25) is 0 Å². The molecule has 50 valence electrons. The van der Waals surface area contributed by atoms with Crippen LogP contribution >= 0.6 is 0 Å². The highest BCUT2D eigenvalue weighted by Crippen LogP contribution is 1.56. The van der Waals surface area contributed by atoms with E-state index in [4.69, 9.17) is 1.37 Å². The highest BCUT2D eigenvalue weighted by atomic mass is 13.4. The summed E-state index contributed by atoms with van der Waals surface area (Å²) in [5, 5.41) is 0. The van der Waals surface area contributed by atoms with Crippen LogP contribution in [0.5, 0.6) is 0 Å². The van der Waals surface area contributed by atoms with Crippen LogP contribution in [0.1, 0.15) is 50.3 Å². The fourth-order valence-corrected chi connectivity index (χ4v) is 0. The van der Waals surface area contributed by atoms with Crippen molar-refractivity contribution in [1.82, 2.24) is 0 Å². The minimum atomic E-state index is 0. The largest absolute Gasteiger partial charge is 0.0776 e. The molecule has 0 aromatic carbocycles. The van der Waals surface area contributed by atoms with Gasteiger partial charge in [0.05, 0.1) is 0 Å². The van der Waals surface area contributed by atoms with Crippen molar-refractivity contribution in [2.75, 3.05) is 0 Å². The van der Waals surface area contributed by atoms with Gasteiger partial charge in [-0.1, -0.05) is 48.9 Å². The van der Waals surface area contributed by atoms with E-state index in [-0.39, 0.29) is 14.9 Å². The molecule has 0 rings (SSSR count). The molecule has 0 saturated carbocycles. The smallest absolute Gasteiger partial charge is 0.0228 e. The van der Waals surface area contributed by atoms with Crippen molar-refractivity contribution < 1.29 is 1.37 Å². The Morgan fingerprint density at radius 1 is 1.29 bits per heavy atom. The molecule has 0 bridgehead atoms. The Balaban J connectivity index is -0.0000000160. The SMILES string of the molecule is C.C.CCC.[2H]CC. The second-order valence-electron chi connectivity index (χ2n) is 0.707. The van der Waals surface area contributed by atoms with Gasteiger partial charge in [-0.25, -0.2) is 0 Å². The second kappa shape index (κ2) is 150. The van der Waals surface area contributed by atoms with Crippen LogP contribution in [-0.4, -0.2) is 0 Å². The van der Waals surface area contributed by atoms with Gasteiger partial charge < -0.3 is 0 Å². The Morgan fingerprint density at radius 2 is 1.29 bits per heavy atom. The number of rotatable bonds is 0. The zero-order valence-electron chi connectivity index (χ0n) is 5.41. The summed E-state index contributed by atoms with van der Waals surface area (Å²) in [6, 6.07) is 0. The highest BCUT2D eigenvalue weighted by molar-refractivity contribution is 3.92. The molecule has 0 unspecified atom stereocenters. The molecule has 0 spiro atoms. The van der Waals surface area contributed by atoms with Crippen LogP contribution in [0.25, 0.3) is 0 Å². The molecule has 0 saturated heterocycles. The Labute approximate surface area is 51.4 Å². The molecule has 0 aromatic heterocycles. The second-order valence-corrected chi connectivity index (χ2v) is 0.707. The van der Waals surface area contributed by atoms with E-state index in [9.17, 15) is 0 Å². The molecule has 0 amide bonds. The minimum Gasteiger partial charge on any atom is -0.0776 e. The summed E-state index contributed by atoms with van der Waals surface area (Å²) in [7, 11) is 0. The Morgan fingerprint density at radius 3 is 1.29 bits per heavy atom. The van der Waals surface area contributed by atoms with Crippen molar-refractivity contribution in [2.45, 2.75) is 48.9 Å². The maximum absolute atomic E-state index is 6.21. The average Bonchev–Trinajstić information content (AvgIpc) is 1.39. The molecule has 0 heterocycles. The zero-order chi connectivity index (χ0) is 5.41. The zero-order valence-corrected chi connectivity index (χ0v) is 4.41. The first-order chi connectivity index (χ1) is 2.83. The number of hydrogen-bond acceptors (Lipinski definition) is 0. The van der Waals surface area contributed by atoms with Gasteiger partial charge >= 0.3 is 0 Å². The van der Waals surface area contributed by atoms with Gasteiger partial charge in [0.2, 0.25) is 0 Å². The molecule has 0 aromatic rings. The van der Waals surface area contributed by atoms with E-state index in [1.165, 1.54) is 6.42 Å². The molecule has 0 N–H and O–H groups in total. The minimum absolute atomic E-state index is 0. The standard InChI is InChI=1S/C3H8.C2H6.2CH4/c1-3-2;1-2;;/h3H2,1-2H3;1-2H3;2*1H4/i;1D;;. The van der Waals surface area contributed by atoms with Gasteiger partial charge in [-0.05, 0) is 0 Å². The molecule has 0 nitrogen and oxygen atoms in total. The average molecular weight is 107 g/mol. The molecule has 7 heavy (non-hydrogen) atoms. The Kier molecular flexibility index (Phi) is 338. The monoisotopic (exact) mass is 107 g/mol. The summed E-state index contributed by atoms with van der Waals surface area (Å²) in [6.07, 6.45) is 1.25. The molecule has 0 fully saturated rings. The van der Waals surface area contributed by atoms with Gasteiger partial charge in [-0.15, -0.1) is 0 Å². The third-order valence-corrected chi connectivity index (χ3v) is 0. The van der Waals surface area contributed by atoms with Crippen molar-refractivity contribution in [3.05, 3.63) is 0 Å². The maximum atomic E-state index is 6.21.